The lowest BCUT2D eigenvalue weighted by Gasteiger charge is -2.10. The van der Waals surface area contributed by atoms with Crippen LogP contribution in [0.4, 0.5) is 17.6 Å². The maximum atomic E-state index is 13.6. The van der Waals surface area contributed by atoms with Gasteiger partial charge in [-0.05, 0) is 42.5 Å². The minimum Gasteiger partial charge on any atom is -0.478 e. The van der Waals surface area contributed by atoms with Gasteiger partial charge in [-0.25, -0.2) is 9.18 Å². The minimum atomic E-state index is -4.64. The first-order valence-electron chi connectivity index (χ1n) is 5.65. The summed E-state index contributed by atoms with van der Waals surface area (Å²) in [6.07, 6.45) is -4.64. The molecular formula is C14H8F4O3. The highest BCUT2D eigenvalue weighted by Gasteiger charge is 2.31. The summed E-state index contributed by atoms with van der Waals surface area (Å²) in [5.41, 5.74) is -1.11. The molecule has 0 aliphatic heterocycles. The second-order valence-electron chi connectivity index (χ2n) is 4.07. The van der Waals surface area contributed by atoms with Crippen LogP contribution >= 0.6 is 0 Å². The first-order chi connectivity index (χ1) is 9.77. The third-order valence-electron chi connectivity index (χ3n) is 2.59. The summed E-state index contributed by atoms with van der Waals surface area (Å²) in [7, 11) is 0. The largest absolute Gasteiger partial charge is 0.478 e. The fourth-order valence-electron chi connectivity index (χ4n) is 1.55. The lowest BCUT2D eigenvalue weighted by Crippen LogP contribution is -2.05. The molecule has 1 N–H and O–H groups in total. The summed E-state index contributed by atoms with van der Waals surface area (Å²) < 4.78 is 55.8. The highest BCUT2D eigenvalue weighted by Crippen LogP contribution is 2.33. The van der Waals surface area contributed by atoms with Crippen molar-refractivity contribution in [1.82, 2.24) is 0 Å². The summed E-state index contributed by atoms with van der Waals surface area (Å²) in [6.45, 7) is 0. The van der Waals surface area contributed by atoms with Crippen molar-refractivity contribution in [2.24, 2.45) is 0 Å². The second-order valence-corrected chi connectivity index (χ2v) is 4.07. The van der Waals surface area contributed by atoms with Crippen molar-refractivity contribution < 1.29 is 32.2 Å². The molecule has 0 heterocycles. The zero-order valence-corrected chi connectivity index (χ0v) is 10.3. The van der Waals surface area contributed by atoms with E-state index in [1.54, 1.807) is 0 Å². The van der Waals surface area contributed by atoms with Crippen molar-refractivity contribution in [3.63, 3.8) is 0 Å². The first-order valence-corrected chi connectivity index (χ1v) is 5.65. The fraction of sp³-hybridized carbons (Fsp3) is 0.0714. The molecule has 0 amide bonds. The molecule has 0 saturated heterocycles. The Morgan fingerprint density at radius 2 is 1.67 bits per heavy atom. The molecule has 2 aromatic carbocycles. The molecule has 0 aliphatic rings. The van der Waals surface area contributed by atoms with Crippen LogP contribution in [0.15, 0.2) is 42.5 Å². The smallest absolute Gasteiger partial charge is 0.416 e. The van der Waals surface area contributed by atoms with E-state index in [4.69, 9.17) is 9.84 Å². The van der Waals surface area contributed by atoms with Gasteiger partial charge >= 0.3 is 12.1 Å². The summed E-state index contributed by atoms with van der Waals surface area (Å²) >= 11 is 0. The zero-order chi connectivity index (χ0) is 15.6. The van der Waals surface area contributed by atoms with Crippen LogP contribution in [-0.2, 0) is 6.18 Å². The minimum absolute atomic E-state index is 0.00948. The van der Waals surface area contributed by atoms with Gasteiger partial charge in [0, 0.05) is 0 Å². The Labute approximate surface area is 116 Å². The van der Waals surface area contributed by atoms with Crippen molar-refractivity contribution in [2.45, 2.75) is 6.18 Å². The van der Waals surface area contributed by atoms with Crippen molar-refractivity contribution in [3.8, 4) is 11.5 Å². The SMILES string of the molecule is O=C(O)c1ccc(Oc2ccc(C(F)(F)F)cc2F)cc1. The van der Waals surface area contributed by atoms with E-state index in [1.165, 1.54) is 24.3 Å². The van der Waals surface area contributed by atoms with Gasteiger partial charge in [0.2, 0.25) is 0 Å². The molecule has 0 atom stereocenters. The van der Waals surface area contributed by atoms with E-state index < -0.39 is 23.5 Å². The number of ether oxygens (including phenoxy) is 1. The molecule has 0 fully saturated rings. The van der Waals surface area contributed by atoms with Crippen LogP contribution in [0.5, 0.6) is 11.5 Å². The Kier molecular flexibility index (Phi) is 3.84. The number of halogens is 4. The lowest BCUT2D eigenvalue weighted by molar-refractivity contribution is -0.137. The normalized spacial score (nSPS) is 11.2. The summed E-state index contributed by atoms with van der Waals surface area (Å²) in [4.78, 5) is 10.6. The van der Waals surface area contributed by atoms with Gasteiger partial charge in [0.05, 0.1) is 11.1 Å². The maximum absolute atomic E-state index is 13.6. The molecule has 0 spiro atoms. The fourth-order valence-corrected chi connectivity index (χ4v) is 1.55. The average Bonchev–Trinajstić information content (AvgIpc) is 2.40. The number of hydrogen-bond acceptors (Lipinski definition) is 2. The lowest BCUT2D eigenvalue weighted by atomic mass is 10.2. The Hall–Kier alpha value is -2.57. The Balaban J connectivity index is 2.22. The van der Waals surface area contributed by atoms with E-state index in [2.05, 4.69) is 0 Å². The van der Waals surface area contributed by atoms with Crippen LogP contribution in [0.1, 0.15) is 15.9 Å². The maximum Gasteiger partial charge on any atom is 0.416 e. The van der Waals surface area contributed by atoms with E-state index in [-0.39, 0.29) is 17.1 Å². The van der Waals surface area contributed by atoms with Crippen molar-refractivity contribution in [1.29, 1.82) is 0 Å². The van der Waals surface area contributed by atoms with Gasteiger partial charge in [-0.15, -0.1) is 0 Å². The number of hydrogen-bond donors (Lipinski definition) is 1. The molecule has 7 heteroatoms. The predicted molar refractivity (Wildman–Crippen MR) is 64.9 cm³/mol. The second kappa shape index (κ2) is 5.43. The van der Waals surface area contributed by atoms with Gasteiger partial charge in [0.15, 0.2) is 11.6 Å². The quantitative estimate of drug-likeness (QED) is 0.858. The average molecular weight is 300 g/mol. The molecule has 0 bridgehead atoms. The predicted octanol–water partition coefficient (Wildman–Crippen LogP) is 4.34. The molecule has 0 aromatic heterocycles. The highest BCUT2D eigenvalue weighted by molar-refractivity contribution is 5.87. The molecule has 110 valence electrons. The van der Waals surface area contributed by atoms with E-state index in [1.807, 2.05) is 0 Å². The number of alkyl halides is 3. The monoisotopic (exact) mass is 300 g/mol. The van der Waals surface area contributed by atoms with E-state index in [0.29, 0.717) is 12.1 Å². The number of aromatic carboxylic acids is 1. The number of rotatable bonds is 3. The van der Waals surface area contributed by atoms with Crippen molar-refractivity contribution >= 4 is 5.97 Å². The van der Waals surface area contributed by atoms with Crippen LogP contribution in [0.3, 0.4) is 0 Å². The summed E-state index contributed by atoms with van der Waals surface area (Å²) in [6, 6.07) is 6.93. The van der Waals surface area contributed by atoms with Crippen molar-refractivity contribution in [3.05, 3.63) is 59.4 Å². The third-order valence-corrected chi connectivity index (χ3v) is 2.59. The Morgan fingerprint density at radius 1 is 1.05 bits per heavy atom. The molecule has 0 radical (unpaired) electrons. The Bertz CT molecular complexity index is 663. The van der Waals surface area contributed by atoms with Crippen LogP contribution in [0.2, 0.25) is 0 Å². The molecular weight excluding hydrogens is 292 g/mol. The molecule has 21 heavy (non-hydrogen) atoms. The number of carboxylic acids is 1. The molecule has 2 aromatic rings. The molecule has 0 unspecified atom stereocenters. The number of carbonyl (C=O) groups is 1. The highest BCUT2D eigenvalue weighted by atomic mass is 19.4. The summed E-state index contributed by atoms with van der Waals surface area (Å²) in [5.74, 6) is -2.57. The molecule has 2 rings (SSSR count). The van der Waals surface area contributed by atoms with E-state index in [9.17, 15) is 22.4 Å². The standard InChI is InChI=1S/C14H8F4O3/c15-11-7-9(14(16,17)18)3-6-12(11)21-10-4-1-8(2-5-10)13(19)20/h1-7H,(H,19,20). The number of carboxylic acid groups (broad SMARTS) is 1. The van der Waals surface area contributed by atoms with Crippen LogP contribution in [0.25, 0.3) is 0 Å². The van der Waals surface area contributed by atoms with Gasteiger partial charge in [0.25, 0.3) is 0 Å². The van der Waals surface area contributed by atoms with Crippen LogP contribution in [0, 0.1) is 5.82 Å². The van der Waals surface area contributed by atoms with Crippen molar-refractivity contribution in [2.75, 3.05) is 0 Å². The van der Waals surface area contributed by atoms with Gasteiger partial charge in [-0.1, -0.05) is 0 Å². The van der Waals surface area contributed by atoms with Crippen LogP contribution < -0.4 is 4.74 Å². The van der Waals surface area contributed by atoms with Gasteiger partial charge in [0.1, 0.15) is 5.75 Å². The van der Waals surface area contributed by atoms with Gasteiger partial charge < -0.3 is 9.84 Å². The van der Waals surface area contributed by atoms with Gasteiger partial charge in [-0.3, -0.25) is 0 Å². The Morgan fingerprint density at radius 3 is 2.14 bits per heavy atom. The van der Waals surface area contributed by atoms with Gasteiger partial charge in [-0.2, -0.15) is 13.2 Å². The van der Waals surface area contributed by atoms with E-state index in [0.717, 1.165) is 6.07 Å². The molecule has 3 nitrogen and oxygen atoms in total. The third kappa shape index (κ3) is 3.50. The molecule has 0 saturated carbocycles. The number of benzene rings is 2. The molecule has 0 aliphatic carbocycles. The first kappa shape index (κ1) is 14.8. The summed E-state index contributed by atoms with van der Waals surface area (Å²) in [5, 5.41) is 8.71. The topological polar surface area (TPSA) is 46.5 Å². The van der Waals surface area contributed by atoms with E-state index >= 15 is 0 Å². The van der Waals surface area contributed by atoms with Crippen LogP contribution in [-0.4, -0.2) is 11.1 Å². The zero-order valence-electron chi connectivity index (χ0n) is 10.3.